The summed E-state index contributed by atoms with van der Waals surface area (Å²) in [6.45, 7) is 4.38. The van der Waals surface area contributed by atoms with Gasteiger partial charge in [-0.2, -0.15) is 0 Å². The molecule has 0 spiro atoms. The number of nitrogens with one attached hydrogen (secondary N) is 1. The van der Waals surface area contributed by atoms with Gasteiger partial charge in [-0.05, 0) is 36.4 Å². The maximum Gasteiger partial charge on any atom is 0.332 e. The average molecular weight is 505 g/mol. The summed E-state index contributed by atoms with van der Waals surface area (Å²) >= 11 is 1.18. The number of hydrogen-bond donors (Lipinski definition) is 1. The Kier molecular flexibility index (Phi) is 7.80. The van der Waals surface area contributed by atoms with Gasteiger partial charge in [0.2, 0.25) is 11.8 Å². The second kappa shape index (κ2) is 11.2. The molecule has 4 rings (SSSR count). The number of nitrogens with zero attached hydrogens (tertiary/aromatic N) is 3. The van der Waals surface area contributed by atoms with E-state index in [2.05, 4.69) is 5.32 Å². The Bertz CT molecular complexity index is 1490. The molecule has 4 aromatic rings. The first-order chi connectivity index (χ1) is 17.4. The molecule has 0 atom stereocenters. The van der Waals surface area contributed by atoms with Crippen LogP contribution in [0.4, 0.5) is 0 Å². The molecule has 0 aliphatic carbocycles. The quantitative estimate of drug-likeness (QED) is 0.379. The van der Waals surface area contributed by atoms with Crippen molar-refractivity contribution in [2.75, 3.05) is 6.54 Å². The van der Waals surface area contributed by atoms with Crippen molar-refractivity contribution in [3.05, 3.63) is 104 Å². The second-order valence-corrected chi connectivity index (χ2v) is 9.47. The largest absolute Gasteiger partial charge is 0.350 e. The summed E-state index contributed by atoms with van der Waals surface area (Å²) in [5, 5.41) is 4.46. The lowest BCUT2D eigenvalue weighted by atomic mass is 10.1. The predicted octanol–water partition coefficient (Wildman–Crippen LogP) is 2.90. The van der Waals surface area contributed by atoms with Crippen LogP contribution >= 0.6 is 11.3 Å². The van der Waals surface area contributed by atoms with E-state index in [1.54, 1.807) is 16.3 Å². The van der Waals surface area contributed by atoms with Gasteiger partial charge in [-0.3, -0.25) is 19.0 Å². The predicted molar refractivity (Wildman–Crippen MR) is 141 cm³/mol. The molecular formula is C27H28N4O4S. The van der Waals surface area contributed by atoms with Crippen molar-refractivity contribution < 1.29 is 9.59 Å². The summed E-state index contributed by atoms with van der Waals surface area (Å²) < 4.78 is 2.53. The van der Waals surface area contributed by atoms with E-state index in [1.165, 1.54) is 15.9 Å². The minimum absolute atomic E-state index is 0.224. The van der Waals surface area contributed by atoms with Crippen LogP contribution in [0.2, 0.25) is 0 Å². The van der Waals surface area contributed by atoms with Crippen molar-refractivity contribution >= 4 is 33.4 Å². The minimum atomic E-state index is -0.680. The van der Waals surface area contributed by atoms with Gasteiger partial charge in [-0.1, -0.05) is 60.2 Å². The first-order valence-electron chi connectivity index (χ1n) is 11.7. The molecule has 186 valence electrons. The highest BCUT2D eigenvalue weighted by atomic mass is 32.1. The summed E-state index contributed by atoms with van der Waals surface area (Å²) in [4.78, 5) is 53.8. The van der Waals surface area contributed by atoms with E-state index in [9.17, 15) is 19.2 Å². The maximum atomic E-state index is 13.3. The van der Waals surface area contributed by atoms with Crippen molar-refractivity contribution in [2.24, 2.45) is 0 Å². The molecule has 36 heavy (non-hydrogen) atoms. The summed E-state index contributed by atoms with van der Waals surface area (Å²) in [6.07, 6.45) is 0. The maximum absolute atomic E-state index is 13.3. The van der Waals surface area contributed by atoms with Crippen molar-refractivity contribution in [2.45, 2.75) is 40.0 Å². The number of amides is 2. The first kappa shape index (κ1) is 25.1. The third-order valence-corrected chi connectivity index (χ3v) is 6.88. The molecule has 2 heterocycles. The normalized spacial score (nSPS) is 10.9. The summed E-state index contributed by atoms with van der Waals surface area (Å²) in [5.41, 5.74) is 2.19. The van der Waals surface area contributed by atoms with Gasteiger partial charge in [-0.15, -0.1) is 11.3 Å². The molecule has 2 aromatic carbocycles. The van der Waals surface area contributed by atoms with E-state index in [1.807, 2.05) is 68.4 Å². The summed E-state index contributed by atoms with van der Waals surface area (Å²) in [7, 11) is 0. The number of fused-ring (bicyclic) bond motifs is 1. The monoisotopic (exact) mass is 504 g/mol. The van der Waals surface area contributed by atoms with Crippen LogP contribution in [0.1, 0.15) is 23.6 Å². The molecular weight excluding hydrogens is 476 g/mol. The SMILES string of the molecule is CCN(Cc1ccccc1)C(=O)Cn1c(=O)n(CC(=O)NCc2ccc(C)cc2)c(=O)c2sccc21. The Balaban J connectivity index is 1.56. The number of carbonyl (C=O) groups excluding carboxylic acids is 2. The minimum Gasteiger partial charge on any atom is -0.350 e. The van der Waals surface area contributed by atoms with Gasteiger partial charge in [-0.25, -0.2) is 9.36 Å². The standard InChI is InChI=1S/C27H28N4O4S/c1-3-29(16-21-7-5-4-6-8-21)24(33)18-30-22-13-14-36-25(22)26(34)31(27(30)35)17-23(32)28-15-20-11-9-19(2)10-12-20/h4-14H,3,15-18H2,1-2H3,(H,28,32). The zero-order valence-electron chi connectivity index (χ0n) is 20.3. The van der Waals surface area contributed by atoms with E-state index in [4.69, 9.17) is 0 Å². The van der Waals surface area contributed by atoms with E-state index in [0.29, 0.717) is 23.3 Å². The highest BCUT2D eigenvalue weighted by Crippen LogP contribution is 2.16. The second-order valence-electron chi connectivity index (χ2n) is 8.55. The van der Waals surface area contributed by atoms with E-state index in [-0.39, 0.29) is 19.0 Å². The Morgan fingerprint density at radius 1 is 0.917 bits per heavy atom. The summed E-state index contributed by atoms with van der Waals surface area (Å²) in [5.74, 6) is -0.701. The fraction of sp³-hybridized carbons (Fsp3) is 0.259. The smallest absolute Gasteiger partial charge is 0.332 e. The van der Waals surface area contributed by atoms with Crippen LogP contribution in [0.3, 0.4) is 0 Å². The van der Waals surface area contributed by atoms with Crippen LogP contribution in [0, 0.1) is 6.92 Å². The van der Waals surface area contributed by atoms with E-state index < -0.39 is 23.7 Å². The topological polar surface area (TPSA) is 93.4 Å². The Morgan fingerprint density at radius 2 is 1.64 bits per heavy atom. The van der Waals surface area contributed by atoms with Gasteiger partial charge in [0, 0.05) is 19.6 Å². The third kappa shape index (κ3) is 5.63. The van der Waals surface area contributed by atoms with Crippen LogP contribution in [0.5, 0.6) is 0 Å². The lowest BCUT2D eigenvalue weighted by Crippen LogP contribution is -2.45. The van der Waals surface area contributed by atoms with Gasteiger partial charge in [0.05, 0.1) is 5.52 Å². The lowest BCUT2D eigenvalue weighted by Gasteiger charge is -2.22. The summed E-state index contributed by atoms with van der Waals surface area (Å²) in [6, 6.07) is 19.0. The first-order valence-corrected chi connectivity index (χ1v) is 12.6. The number of likely N-dealkylation sites (N-methyl/N-ethyl adjacent to an activating group) is 1. The average Bonchev–Trinajstić information content (AvgIpc) is 3.38. The van der Waals surface area contributed by atoms with E-state index in [0.717, 1.165) is 21.3 Å². The van der Waals surface area contributed by atoms with Crippen LogP contribution in [-0.4, -0.2) is 32.4 Å². The zero-order chi connectivity index (χ0) is 25.7. The van der Waals surface area contributed by atoms with Crippen LogP contribution in [0.15, 0.2) is 75.6 Å². The van der Waals surface area contributed by atoms with Crippen LogP contribution < -0.4 is 16.6 Å². The molecule has 0 unspecified atom stereocenters. The van der Waals surface area contributed by atoms with Crippen molar-refractivity contribution in [3.63, 3.8) is 0 Å². The number of hydrogen-bond acceptors (Lipinski definition) is 5. The molecule has 2 amide bonds. The number of benzene rings is 2. The van der Waals surface area contributed by atoms with Gasteiger partial charge in [0.15, 0.2) is 0 Å². The molecule has 0 bridgehead atoms. The van der Waals surface area contributed by atoms with Gasteiger partial charge in [0.25, 0.3) is 5.56 Å². The molecule has 0 aliphatic rings. The van der Waals surface area contributed by atoms with E-state index >= 15 is 0 Å². The molecule has 0 fully saturated rings. The highest BCUT2D eigenvalue weighted by molar-refractivity contribution is 7.17. The number of aromatic nitrogens is 2. The van der Waals surface area contributed by atoms with Gasteiger partial charge < -0.3 is 10.2 Å². The number of carbonyl (C=O) groups is 2. The number of aryl methyl sites for hydroxylation is 1. The molecule has 9 heteroatoms. The van der Waals surface area contributed by atoms with Crippen LogP contribution in [0.25, 0.3) is 10.2 Å². The van der Waals surface area contributed by atoms with Gasteiger partial charge >= 0.3 is 5.69 Å². The molecule has 2 aromatic heterocycles. The Labute approximate surface area is 212 Å². The molecule has 0 saturated carbocycles. The third-order valence-electron chi connectivity index (χ3n) is 5.99. The highest BCUT2D eigenvalue weighted by Gasteiger charge is 2.20. The fourth-order valence-corrected chi connectivity index (χ4v) is 4.79. The molecule has 1 N–H and O–H groups in total. The van der Waals surface area contributed by atoms with Crippen LogP contribution in [-0.2, 0) is 35.8 Å². The van der Waals surface area contributed by atoms with Crippen molar-refractivity contribution in [1.29, 1.82) is 0 Å². The van der Waals surface area contributed by atoms with Gasteiger partial charge in [0.1, 0.15) is 17.8 Å². The number of rotatable bonds is 9. The molecule has 8 nitrogen and oxygen atoms in total. The van der Waals surface area contributed by atoms with Crippen molar-refractivity contribution in [3.8, 4) is 0 Å². The molecule has 0 radical (unpaired) electrons. The zero-order valence-corrected chi connectivity index (χ0v) is 21.1. The Morgan fingerprint density at radius 3 is 2.33 bits per heavy atom. The lowest BCUT2D eigenvalue weighted by molar-refractivity contribution is -0.132. The fourth-order valence-electron chi connectivity index (χ4n) is 3.95. The van der Waals surface area contributed by atoms with Crippen molar-refractivity contribution in [1.82, 2.24) is 19.4 Å². The Hall–Kier alpha value is -3.98. The molecule has 0 aliphatic heterocycles. The molecule has 0 saturated heterocycles. The number of thiophene rings is 1.